The first-order valence-electron chi connectivity index (χ1n) is 3.64. The van der Waals surface area contributed by atoms with Crippen LogP contribution in [0, 0.1) is 0 Å². The van der Waals surface area contributed by atoms with Crippen molar-refractivity contribution in [3.8, 4) is 0 Å². The van der Waals surface area contributed by atoms with Gasteiger partial charge in [-0.15, -0.1) is 0 Å². The lowest BCUT2D eigenvalue weighted by Crippen LogP contribution is -2.01. The molecule has 1 unspecified atom stereocenters. The molecule has 0 N–H and O–H groups in total. The molecule has 0 bridgehead atoms. The van der Waals surface area contributed by atoms with Crippen LogP contribution in [0.5, 0.6) is 0 Å². The van der Waals surface area contributed by atoms with E-state index in [0.717, 1.165) is 0 Å². The van der Waals surface area contributed by atoms with Crippen LogP contribution in [0.2, 0.25) is 0 Å². The van der Waals surface area contributed by atoms with Gasteiger partial charge >= 0.3 is 0 Å². The first-order chi connectivity index (χ1) is 5.84. The van der Waals surface area contributed by atoms with E-state index in [-0.39, 0.29) is 6.79 Å². The zero-order chi connectivity index (χ0) is 8.81. The van der Waals surface area contributed by atoms with E-state index in [2.05, 4.69) is 9.47 Å². The smallest absolute Gasteiger partial charge is 0.227 e. The third kappa shape index (κ3) is 2.60. The quantitative estimate of drug-likeness (QED) is 0.645. The van der Waals surface area contributed by atoms with Crippen LogP contribution in [0.15, 0.2) is 30.3 Å². The van der Waals surface area contributed by atoms with Crippen molar-refractivity contribution in [1.82, 2.24) is 0 Å². The Kier molecular flexibility index (Phi) is 3.70. The molecule has 2 nitrogen and oxygen atoms in total. The second-order valence-electron chi connectivity index (χ2n) is 2.30. The molecule has 0 amide bonds. The maximum absolute atomic E-state index is 13.0. The molecule has 0 aromatic heterocycles. The summed E-state index contributed by atoms with van der Waals surface area (Å²) in [5, 5.41) is 0. The van der Waals surface area contributed by atoms with Gasteiger partial charge in [0.05, 0.1) is 0 Å². The number of methoxy groups -OCH3 is 1. The highest BCUT2D eigenvalue weighted by molar-refractivity contribution is 5.15. The SMILES string of the molecule is COCOC(F)c1ccccc1. The minimum Gasteiger partial charge on any atom is -0.359 e. The summed E-state index contributed by atoms with van der Waals surface area (Å²) < 4.78 is 22.3. The van der Waals surface area contributed by atoms with Crippen LogP contribution >= 0.6 is 0 Å². The van der Waals surface area contributed by atoms with Gasteiger partial charge in [0.25, 0.3) is 0 Å². The van der Waals surface area contributed by atoms with Gasteiger partial charge in [0.2, 0.25) is 6.36 Å². The van der Waals surface area contributed by atoms with Crippen molar-refractivity contribution >= 4 is 0 Å². The van der Waals surface area contributed by atoms with E-state index in [1.165, 1.54) is 7.11 Å². The highest BCUT2D eigenvalue weighted by Gasteiger charge is 2.07. The molecule has 0 aliphatic rings. The average molecular weight is 170 g/mol. The fourth-order valence-corrected chi connectivity index (χ4v) is 0.828. The molecule has 0 saturated carbocycles. The number of hydrogen-bond donors (Lipinski definition) is 0. The lowest BCUT2D eigenvalue weighted by atomic mass is 10.2. The maximum Gasteiger partial charge on any atom is 0.227 e. The summed E-state index contributed by atoms with van der Waals surface area (Å²) in [4.78, 5) is 0. The molecule has 0 aliphatic carbocycles. The number of rotatable bonds is 4. The van der Waals surface area contributed by atoms with Crippen molar-refractivity contribution < 1.29 is 13.9 Å². The van der Waals surface area contributed by atoms with Gasteiger partial charge in [-0.2, -0.15) is 0 Å². The molecular weight excluding hydrogens is 159 g/mol. The number of halogens is 1. The van der Waals surface area contributed by atoms with Gasteiger partial charge in [-0.3, -0.25) is 0 Å². The normalized spacial score (nSPS) is 12.8. The molecule has 1 atom stereocenters. The maximum atomic E-state index is 13.0. The summed E-state index contributed by atoms with van der Waals surface area (Å²) in [5.74, 6) is 0. The topological polar surface area (TPSA) is 18.5 Å². The second-order valence-corrected chi connectivity index (χ2v) is 2.30. The molecule has 0 spiro atoms. The zero-order valence-corrected chi connectivity index (χ0v) is 6.87. The first-order valence-corrected chi connectivity index (χ1v) is 3.64. The van der Waals surface area contributed by atoms with E-state index in [9.17, 15) is 4.39 Å². The molecule has 0 aliphatic heterocycles. The largest absolute Gasteiger partial charge is 0.359 e. The van der Waals surface area contributed by atoms with Gasteiger partial charge in [-0.25, -0.2) is 4.39 Å². The summed E-state index contributed by atoms with van der Waals surface area (Å²) in [6.45, 7) is -0.0317. The summed E-state index contributed by atoms with van der Waals surface area (Å²) in [7, 11) is 1.46. The molecule has 1 rings (SSSR count). The Labute approximate surface area is 70.9 Å². The van der Waals surface area contributed by atoms with E-state index in [4.69, 9.17) is 0 Å². The van der Waals surface area contributed by atoms with Crippen LogP contribution in [0.25, 0.3) is 0 Å². The van der Waals surface area contributed by atoms with E-state index < -0.39 is 6.36 Å². The third-order valence-electron chi connectivity index (χ3n) is 1.39. The summed E-state index contributed by atoms with van der Waals surface area (Å²) in [5.41, 5.74) is 0.509. The number of alkyl halides is 1. The van der Waals surface area contributed by atoms with Crippen LogP contribution in [0.3, 0.4) is 0 Å². The van der Waals surface area contributed by atoms with Gasteiger partial charge in [0.15, 0.2) is 0 Å². The Hall–Kier alpha value is -0.930. The number of hydrogen-bond acceptors (Lipinski definition) is 2. The molecule has 3 heteroatoms. The Bertz CT molecular complexity index is 213. The minimum atomic E-state index is -1.40. The minimum absolute atomic E-state index is 0.0317. The zero-order valence-electron chi connectivity index (χ0n) is 6.87. The Morgan fingerprint density at radius 1 is 1.33 bits per heavy atom. The first kappa shape index (κ1) is 9.16. The summed E-state index contributed by atoms with van der Waals surface area (Å²) in [6, 6.07) is 8.68. The predicted octanol–water partition coefficient (Wildman–Crippen LogP) is 2.28. The highest BCUT2D eigenvalue weighted by Crippen LogP contribution is 2.17. The molecule has 1 aromatic rings. The lowest BCUT2D eigenvalue weighted by Gasteiger charge is -2.08. The van der Waals surface area contributed by atoms with Gasteiger partial charge < -0.3 is 9.47 Å². The standard InChI is InChI=1S/C9H11FO2/c1-11-7-12-9(10)8-5-3-2-4-6-8/h2-6,9H,7H2,1H3. The van der Waals surface area contributed by atoms with Crippen molar-refractivity contribution in [2.24, 2.45) is 0 Å². The molecular formula is C9H11FO2. The van der Waals surface area contributed by atoms with Crippen LogP contribution < -0.4 is 0 Å². The van der Waals surface area contributed by atoms with Crippen molar-refractivity contribution in [2.45, 2.75) is 6.36 Å². The molecule has 0 fully saturated rings. The van der Waals surface area contributed by atoms with Crippen molar-refractivity contribution in [1.29, 1.82) is 0 Å². The van der Waals surface area contributed by atoms with Crippen LogP contribution in [-0.2, 0) is 9.47 Å². The average Bonchev–Trinajstić information content (AvgIpc) is 2.15. The Morgan fingerprint density at radius 3 is 2.58 bits per heavy atom. The van der Waals surface area contributed by atoms with E-state index >= 15 is 0 Å². The number of ether oxygens (including phenoxy) is 2. The van der Waals surface area contributed by atoms with E-state index in [0.29, 0.717) is 5.56 Å². The molecule has 0 heterocycles. The van der Waals surface area contributed by atoms with E-state index in [1.54, 1.807) is 24.3 Å². The van der Waals surface area contributed by atoms with Crippen LogP contribution in [0.1, 0.15) is 11.9 Å². The van der Waals surface area contributed by atoms with Crippen LogP contribution in [-0.4, -0.2) is 13.9 Å². The van der Waals surface area contributed by atoms with Gasteiger partial charge in [-0.05, 0) is 0 Å². The number of benzene rings is 1. The summed E-state index contributed by atoms with van der Waals surface area (Å²) in [6.07, 6.45) is -1.40. The van der Waals surface area contributed by atoms with Crippen molar-refractivity contribution in [2.75, 3.05) is 13.9 Å². The fourth-order valence-electron chi connectivity index (χ4n) is 0.828. The van der Waals surface area contributed by atoms with Gasteiger partial charge in [0, 0.05) is 12.7 Å². The molecule has 0 radical (unpaired) electrons. The molecule has 1 aromatic carbocycles. The molecule has 66 valence electrons. The van der Waals surface area contributed by atoms with Crippen molar-refractivity contribution in [3.63, 3.8) is 0 Å². The lowest BCUT2D eigenvalue weighted by molar-refractivity contribution is -0.125. The van der Waals surface area contributed by atoms with Gasteiger partial charge in [-0.1, -0.05) is 30.3 Å². The third-order valence-corrected chi connectivity index (χ3v) is 1.39. The Morgan fingerprint density at radius 2 is 2.00 bits per heavy atom. The highest BCUT2D eigenvalue weighted by atomic mass is 19.1. The molecule has 12 heavy (non-hydrogen) atoms. The monoisotopic (exact) mass is 170 g/mol. The summed E-state index contributed by atoms with van der Waals surface area (Å²) >= 11 is 0. The van der Waals surface area contributed by atoms with Gasteiger partial charge in [0.1, 0.15) is 6.79 Å². The van der Waals surface area contributed by atoms with Crippen molar-refractivity contribution in [3.05, 3.63) is 35.9 Å². The van der Waals surface area contributed by atoms with Crippen LogP contribution in [0.4, 0.5) is 4.39 Å². The Balaban J connectivity index is 2.48. The van der Waals surface area contributed by atoms with E-state index in [1.807, 2.05) is 6.07 Å². The predicted molar refractivity (Wildman–Crippen MR) is 43.3 cm³/mol. The second kappa shape index (κ2) is 4.85. The fraction of sp³-hybridized carbons (Fsp3) is 0.333. The molecule has 0 saturated heterocycles.